The molecule has 4 nitrogen and oxygen atoms in total. The molecule has 0 bridgehead atoms. The van der Waals surface area contributed by atoms with Gasteiger partial charge in [-0.15, -0.1) is 11.3 Å². The number of thiophene rings is 1. The molecule has 0 N–H and O–H groups in total. The minimum absolute atomic E-state index is 0.0530. The van der Waals surface area contributed by atoms with Crippen LogP contribution < -0.4 is 4.90 Å². The second kappa shape index (κ2) is 6.34. The zero-order chi connectivity index (χ0) is 16.6. The van der Waals surface area contributed by atoms with E-state index in [1.54, 1.807) is 24.0 Å². The number of benzene rings is 1. The summed E-state index contributed by atoms with van der Waals surface area (Å²) >= 11 is 6.95. The summed E-state index contributed by atoms with van der Waals surface area (Å²) in [6, 6.07) is 11.1. The summed E-state index contributed by atoms with van der Waals surface area (Å²) in [6.07, 6.45) is -0.0414. The predicted octanol–water partition coefficient (Wildman–Crippen LogP) is 3.92. The number of halogens is 1. The van der Waals surface area contributed by atoms with Gasteiger partial charge in [-0.1, -0.05) is 29.8 Å². The van der Waals surface area contributed by atoms with E-state index in [1.807, 2.05) is 31.2 Å². The third-order valence-electron chi connectivity index (χ3n) is 3.85. The molecule has 2 atom stereocenters. The molecule has 0 spiro atoms. The van der Waals surface area contributed by atoms with Gasteiger partial charge in [0, 0.05) is 11.7 Å². The van der Waals surface area contributed by atoms with E-state index in [2.05, 4.69) is 0 Å². The molecule has 0 fully saturated rings. The lowest BCUT2D eigenvalue weighted by Crippen LogP contribution is -2.43. The Labute approximate surface area is 143 Å². The van der Waals surface area contributed by atoms with Crippen molar-refractivity contribution in [2.24, 2.45) is 0 Å². The van der Waals surface area contributed by atoms with E-state index in [0.29, 0.717) is 9.21 Å². The molecule has 1 aliphatic heterocycles. The largest absolute Gasteiger partial charge is 0.448 e. The SMILES string of the molecule is C[C@H](OC(=O)c1ccc(Cl)s1)C(=O)N1c2ccccc2C[C@@H]1C. The van der Waals surface area contributed by atoms with Crippen LogP contribution in [-0.2, 0) is 16.0 Å². The molecule has 2 heterocycles. The highest BCUT2D eigenvalue weighted by Crippen LogP contribution is 2.32. The van der Waals surface area contributed by atoms with E-state index in [9.17, 15) is 9.59 Å². The number of esters is 1. The first kappa shape index (κ1) is 16.0. The monoisotopic (exact) mass is 349 g/mol. The maximum absolute atomic E-state index is 12.7. The average molecular weight is 350 g/mol. The number of hydrogen-bond donors (Lipinski definition) is 0. The van der Waals surface area contributed by atoms with Gasteiger partial charge in [0.15, 0.2) is 6.10 Å². The topological polar surface area (TPSA) is 46.6 Å². The number of fused-ring (bicyclic) bond motifs is 1. The van der Waals surface area contributed by atoms with Gasteiger partial charge in [0.25, 0.3) is 5.91 Å². The van der Waals surface area contributed by atoms with Crippen LogP contribution in [0.1, 0.15) is 29.1 Å². The van der Waals surface area contributed by atoms with Crippen LogP contribution in [0, 0.1) is 0 Å². The van der Waals surface area contributed by atoms with Crippen molar-refractivity contribution in [1.29, 1.82) is 0 Å². The Bertz CT molecular complexity index is 758. The number of ether oxygens (including phenoxy) is 1. The van der Waals surface area contributed by atoms with E-state index < -0.39 is 12.1 Å². The fourth-order valence-corrected chi connectivity index (χ4v) is 3.72. The van der Waals surface area contributed by atoms with Gasteiger partial charge in [0.2, 0.25) is 0 Å². The Morgan fingerprint density at radius 3 is 2.74 bits per heavy atom. The van der Waals surface area contributed by atoms with Gasteiger partial charge in [-0.3, -0.25) is 4.79 Å². The molecule has 0 aliphatic carbocycles. The van der Waals surface area contributed by atoms with Crippen LogP contribution in [0.25, 0.3) is 0 Å². The fourth-order valence-electron chi connectivity index (χ4n) is 2.79. The fraction of sp³-hybridized carbons (Fsp3) is 0.294. The zero-order valence-corrected chi connectivity index (χ0v) is 14.4. The van der Waals surface area contributed by atoms with Crippen molar-refractivity contribution in [3.05, 3.63) is 51.2 Å². The third-order valence-corrected chi connectivity index (χ3v) is 5.06. The van der Waals surface area contributed by atoms with Gasteiger partial charge in [-0.05, 0) is 44.0 Å². The Balaban J connectivity index is 1.74. The van der Waals surface area contributed by atoms with Crippen LogP contribution in [0.15, 0.2) is 36.4 Å². The number of anilines is 1. The van der Waals surface area contributed by atoms with Crippen molar-refractivity contribution < 1.29 is 14.3 Å². The van der Waals surface area contributed by atoms with E-state index in [1.165, 1.54) is 0 Å². The van der Waals surface area contributed by atoms with Crippen molar-refractivity contribution >= 4 is 40.5 Å². The molecular weight excluding hydrogens is 334 g/mol. The van der Waals surface area contributed by atoms with Gasteiger partial charge < -0.3 is 9.64 Å². The Hall–Kier alpha value is -1.85. The Kier molecular flexibility index (Phi) is 4.41. The molecule has 1 aliphatic rings. The predicted molar refractivity (Wildman–Crippen MR) is 91.3 cm³/mol. The van der Waals surface area contributed by atoms with Crippen LogP contribution in [-0.4, -0.2) is 24.0 Å². The summed E-state index contributed by atoms with van der Waals surface area (Å²) in [7, 11) is 0. The summed E-state index contributed by atoms with van der Waals surface area (Å²) in [6.45, 7) is 3.59. The number of carbonyl (C=O) groups is 2. The van der Waals surface area contributed by atoms with Crippen LogP contribution in [0.4, 0.5) is 5.69 Å². The Morgan fingerprint density at radius 2 is 2.04 bits per heavy atom. The van der Waals surface area contributed by atoms with E-state index in [-0.39, 0.29) is 11.9 Å². The molecule has 3 rings (SSSR count). The summed E-state index contributed by atoms with van der Waals surface area (Å²) in [5.74, 6) is -0.735. The highest BCUT2D eigenvalue weighted by Gasteiger charge is 2.34. The van der Waals surface area contributed by atoms with E-state index >= 15 is 0 Å². The quantitative estimate of drug-likeness (QED) is 0.789. The van der Waals surface area contributed by atoms with E-state index in [0.717, 1.165) is 29.0 Å². The molecule has 2 aromatic rings. The summed E-state index contributed by atoms with van der Waals surface area (Å²) in [4.78, 5) is 26.9. The molecule has 0 unspecified atom stereocenters. The highest BCUT2D eigenvalue weighted by molar-refractivity contribution is 7.17. The summed E-state index contributed by atoms with van der Waals surface area (Å²) in [5, 5.41) is 0. The molecule has 6 heteroatoms. The lowest BCUT2D eigenvalue weighted by atomic mass is 10.1. The van der Waals surface area contributed by atoms with Gasteiger partial charge in [0.1, 0.15) is 4.88 Å². The number of rotatable bonds is 3. The molecule has 1 amide bonds. The molecular formula is C17H16ClNO3S. The van der Waals surface area contributed by atoms with Crippen molar-refractivity contribution in [1.82, 2.24) is 0 Å². The second-order valence-electron chi connectivity index (χ2n) is 5.54. The number of nitrogens with zero attached hydrogens (tertiary/aromatic N) is 1. The molecule has 23 heavy (non-hydrogen) atoms. The third kappa shape index (κ3) is 3.12. The maximum atomic E-state index is 12.7. The number of para-hydroxylation sites is 1. The first-order chi connectivity index (χ1) is 11.0. The van der Waals surface area contributed by atoms with Crippen LogP contribution in [0.2, 0.25) is 4.34 Å². The minimum Gasteiger partial charge on any atom is -0.448 e. The number of carbonyl (C=O) groups excluding carboxylic acids is 2. The molecule has 0 saturated heterocycles. The van der Waals surface area contributed by atoms with Crippen LogP contribution in [0.3, 0.4) is 0 Å². The van der Waals surface area contributed by atoms with E-state index in [4.69, 9.17) is 16.3 Å². The molecule has 0 radical (unpaired) electrons. The van der Waals surface area contributed by atoms with Crippen molar-refractivity contribution in [2.75, 3.05) is 4.90 Å². The zero-order valence-electron chi connectivity index (χ0n) is 12.8. The number of amides is 1. The second-order valence-corrected chi connectivity index (χ2v) is 7.26. The lowest BCUT2D eigenvalue weighted by Gasteiger charge is -2.25. The molecule has 120 valence electrons. The molecule has 1 aromatic carbocycles. The number of hydrogen-bond acceptors (Lipinski definition) is 4. The maximum Gasteiger partial charge on any atom is 0.349 e. The Morgan fingerprint density at radius 1 is 1.30 bits per heavy atom. The smallest absolute Gasteiger partial charge is 0.349 e. The van der Waals surface area contributed by atoms with Crippen molar-refractivity contribution in [3.8, 4) is 0 Å². The molecule has 1 aromatic heterocycles. The van der Waals surface area contributed by atoms with Gasteiger partial charge in [0.05, 0.1) is 4.34 Å². The average Bonchev–Trinajstić information content (AvgIpc) is 3.09. The summed E-state index contributed by atoms with van der Waals surface area (Å²) < 4.78 is 5.82. The highest BCUT2D eigenvalue weighted by atomic mass is 35.5. The van der Waals surface area contributed by atoms with Crippen molar-refractivity contribution in [3.63, 3.8) is 0 Å². The van der Waals surface area contributed by atoms with Crippen LogP contribution >= 0.6 is 22.9 Å². The minimum atomic E-state index is -0.850. The van der Waals surface area contributed by atoms with Gasteiger partial charge in [-0.2, -0.15) is 0 Å². The molecule has 0 saturated carbocycles. The standard InChI is InChI=1S/C17H16ClNO3S/c1-10-9-12-5-3-4-6-13(12)19(10)16(20)11(2)22-17(21)14-7-8-15(18)23-14/h3-8,10-11H,9H2,1-2H3/t10-,11-/m0/s1. The first-order valence-corrected chi connectivity index (χ1v) is 8.54. The van der Waals surface area contributed by atoms with Crippen LogP contribution in [0.5, 0.6) is 0 Å². The van der Waals surface area contributed by atoms with Crippen molar-refractivity contribution in [2.45, 2.75) is 32.4 Å². The van der Waals surface area contributed by atoms with Gasteiger partial charge >= 0.3 is 5.97 Å². The first-order valence-electron chi connectivity index (χ1n) is 7.34. The normalized spacial score (nSPS) is 17.7. The van der Waals surface area contributed by atoms with Gasteiger partial charge in [-0.25, -0.2) is 4.79 Å². The lowest BCUT2D eigenvalue weighted by molar-refractivity contribution is -0.126. The summed E-state index contributed by atoms with van der Waals surface area (Å²) in [5.41, 5.74) is 2.03.